The molecule has 2 rings (SSSR count). The van der Waals surface area contributed by atoms with Crippen LogP contribution < -0.4 is 0 Å². The molecular weight excluding hydrogens is 432 g/mol. The van der Waals surface area contributed by atoms with Crippen molar-refractivity contribution in [3.05, 3.63) is 62.5 Å². The van der Waals surface area contributed by atoms with Gasteiger partial charge in [0, 0.05) is 23.5 Å². The van der Waals surface area contributed by atoms with E-state index < -0.39 is 28.7 Å². The molecule has 1 aromatic rings. The molecule has 1 aliphatic rings. The van der Waals surface area contributed by atoms with Gasteiger partial charge >= 0.3 is 17.9 Å². The monoisotopic (exact) mass is 452 g/mol. The molecule has 0 aliphatic carbocycles. The van der Waals surface area contributed by atoms with Crippen molar-refractivity contribution in [3.63, 3.8) is 0 Å². The van der Waals surface area contributed by atoms with Crippen LogP contribution in [0.25, 0.3) is 0 Å². The number of allylic oxidation sites excluding steroid dienone is 2. The van der Waals surface area contributed by atoms with E-state index in [2.05, 4.69) is 0 Å². The highest BCUT2D eigenvalue weighted by atomic mass is 35.5. The molecule has 0 spiro atoms. The number of nitro groups is 1. The number of rotatable bonds is 7. The maximum Gasteiger partial charge on any atom is 0.336 e. The summed E-state index contributed by atoms with van der Waals surface area (Å²) < 4.78 is 14.6. The number of hydrogen-bond donors (Lipinski definition) is 0. The highest BCUT2D eigenvalue weighted by molar-refractivity contribution is 6.20. The number of methoxy groups -OCH3 is 3. The Morgan fingerprint density at radius 3 is 2.23 bits per heavy atom. The van der Waals surface area contributed by atoms with Crippen LogP contribution >= 0.6 is 11.6 Å². The fraction of sp³-hybridized carbons (Fsp3) is 0.350. The Morgan fingerprint density at radius 1 is 1.10 bits per heavy atom. The van der Waals surface area contributed by atoms with Gasteiger partial charge in [-0.25, -0.2) is 9.59 Å². The smallest absolute Gasteiger partial charge is 0.336 e. The number of nitro benzene ring substituents is 1. The fourth-order valence-corrected chi connectivity index (χ4v) is 3.73. The number of halogens is 1. The molecule has 11 heteroatoms. The van der Waals surface area contributed by atoms with Crippen LogP contribution in [0.3, 0.4) is 0 Å². The van der Waals surface area contributed by atoms with E-state index in [4.69, 9.17) is 25.8 Å². The summed E-state index contributed by atoms with van der Waals surface area (Å²) in [6, 6.07) is 5.52. The topological polar surface area (TPSA) is 125 Å². The van der Waals surface area contributed by atoms with Crippen molar-refractivity contribution in [2.75, 3.05) is 33.8 Å². The molecule has 10 nitrogen and oxygen atoms in total. The zero-order valence-corrected chi connectivity index (χ0v) is 18.1. The summed E-state index contributed by atoms with van der Waals surface area (Å²) in [4.78, 5) is 49.7. The first-order valence-corrected chi connectivity index (χ1v) is 9.50. The lowest BCUT2D eigenvalue weighted by Gasteiger charge is -2.37. The van der Waals surface area contributed by atoms with Gasteiger partial charge in [-0.05, 0) is 12.5 Å². The molecule has 0 saturated heterocycles. The molecule has 1 heterocycles. The average Bonchev–Trinajstić information content (AvgIpc) is 2.78. The molecule has 0 aromatic heterocycles. The van der Waals surface area contributed by atoms with Crippen LogP contribution in [0.2, 0.25) is 0 Å². The zero-order chi connectivity index (χ0) is 23.3. The van der Waals surface area contributed by atoms with Gasteiger partial charge < -0.3 is 19.1 Å². The average molecular weight is 453 g/mol. The van der Waals surface area contributed by atoms with Crippen LogP contribution in [0, 0.1) is 10.1 Å². The highest BCUT2D eigenvalue weighted by Gasteiger charge is 2.42. The van der Waals surface area contributed by atoms with Gasteiger partial charge in [-0.15, -0.1) is 11.6 Å². The molecular formula is C20H21ClN2O8. The molecule has 1 aromatic carbocycles. The molecule has 0 fully saturated rings. The molecule has 0 unspecified atom stereocenters. The maximum atomic E-state index is 12.8. The normalized spacial score (nSPS) is 16.2. The van der Waals surface area contributed by atoms with Crippen LogP contribution in [-0.4, -0.2) is 61.5 Å². The summed E-state index contributed by atoms with van der Waals surface area (Å²) in [5.74, 6) is -3.50. The standard InChI is InChI=1S/C20H21ClN2O8/c1-11-16(19(25)30-3)17(12-6-5-7-13(8-12)23(27)28)18(20(26)31-4)14(9-21)22(11)10-15(24)29-2/h5-8,17H,9-10H2,1-4H3/t17-/m0/s1. The van der Waals surface area contributed by atoms with Crippen molar-refractivity contribution < 1.29 is 33.5 Å². The molecule has 0 N–H and O–H groups in total. The molecule has 31 heavy (non-hydrogen) atoms. The number of esters is 3. The van der Waals surface area contributed by atoms with Crippen LogP contribution in [0.1, 0.15) is 18.4 Å². The molecule has 1 atom stereocenters. The summed E-state index contributed by atoms with van der Waals surface area (Å²) in [7, 11) is 3.51. The van der Waals surface area contributed by atoms with E-state index in [0.717, 1.165) is 14.2 Å². The summed E-state index contributed by atoms with van der Waals surface area (Å²) in [6.07, 6.45) is 0. The summed E-state index contributed by atoms with van der Waals surface area (Å²) in [5, 5.41) is 11.3. The van der Waals surface area contributed by atoms with Crippen molar-refractivity contribution in [2.24, 2.45) is 0 Å². The summed E-state index contributed by atoms with van der Waals surface area (Å²) >= 11 is 6.15. The van der Waals surface area contributed by atoms with Gasteiger partial charge in [0.15, 0.2) is 0 Å². The van der Waals surface area contributed by atoms with Crippen LogP contribution in [0.15, 0.2) is 46.8 Å². The van der Waals surface area contributed by atoms with E-state index in [9.17, 15) is 24.5 Å². The van der Waals surface area contributed by atoms with E-state index >= 15 is 0 Å². The van der Waals surface area contributed by atoms with Gasteiger partial charge in [0.2, 0.25) is 0 Å². The number of alkyl halides is 1. The fourth-order valence-electron chi connectivity index (χ4n) is 3.44. The van der Waals surface area contributed by atoms with E-state index in [1.165, 1.54) is 30.2 Å². The van der Waals surface area contributed by atoms with E-state index in [1.54, 1.807) is 13.0 Å². The number of nitrogens with zero attached hydrogens (tertiary/aromatic N) is 2. The van der Waals surface area contributed by atoms with Gasteiger partial charge in [-0.3, -0.25) is 14.9 Å². The second-order valence-electron chi connectivity index (χ2n) is 6.42. The Balaban J connectivity index is 2.88. The minimum atomic E-state index is -1.07. The second-order valence-corrected chi connectivity index (χ2v) is 6.69. The van der Waals surface area contributed by atoms with E-state index in [-0.39, 0.29) is 46.2 Å². The van der Waals surface area contributed by atoms with E-state index in [0.29, 0.717) is 0 Å². The SMILES string of the molecule is COC(=O)CN1C(C)=C(C(=O)OC)[C@H](c2cccc([N+](=O)[O-])c2)C(C(=O)OC)=C1CCl. The number of carbonyl (C=O) groups is 3. The predicted octanol–water partition coefficient (Wildman–Crippen LogP) is 2.28. The molecule has 1 aliphatic heterocycles. The van der Waals surface area contributed by atoms with Gasteiger partial charge in [-0.2, -0.15) is 0 Å². The third-order valence-corrected chi connectivity index (χ3v) is 5.13. The Hall–Kier alpha value is -3.40. The first-order valence-electron chi connectivity index (χ1n) is 8.96. The Kier molecular flexibility index (Phi) is 7.76. The summed E-state index contributed by atoms with van der Waals surface area (Å²) in [5.41, 5.74) is 0.536. The summed E-state index contributed by atoms with van der Waals surface area (Å²) in [6.45, 7) is 1.23. The minimum Gasteiger partial charge on any atom is -0.468 e. The van der Waals surface area contributed by atoms with Gasteiger partial charge in [0.25, 0.3) is 5.69 Å². The first kappa shape index (κ1) is 23.9. The molecule has 0 bridgehead atoms. The third kappa shape index (κ3) is 4.69. The van der Waals surface area contributed by atoms with E-state index in [1.807, 2.05) is 0 Å². The Morgan fingerprint density at radius 2 is 1.71 bits per heavy atom. The lowest BCUT2D eigenvalue weighted by atomic mass is 9.79. The second kappa shape index (κ2) is 10.1. The largest absolute Gasteiger partial charge is 0.468 e. The minimum absolute atomic E-state index is 0.0150. The van der Waals surface area contributed by atoms with Crippen LogP contribution in [-0.2, 0) is 28.6 Å². The highest BCUT2D eigenvalue weighted by Crippen LogP contribution is 2.43. The molecule has 0 radical (unpaired) electrons. The van der Waals surface area contributed by atoms with Crippen molar-refractivity contribution in [3.8, 4) is 0 Å². The molecule has 166 valence electrons. The first-order chi connectivity index (χ1) is 14.7. The number of non-ortho nitro benzene ring substituents is 1. The number of carbonyl (C=O) groups excluding carboxylic acids is 3. The number of hydrogen-bond acceptors (Lipinski definition) is 9. The van der Waals surface area contributed by atoms with Crippen molar-refractivity contribution in [2.45, 2.75) is 12.8 Å². The number of benzene rings is 1. The quantitative estimate of drug-likeness (QED) is 0.201. The maximum absolute atomic E-state index is 12.8. The molecule has 0 amide bonds. The van der Waals surface area contributed by atoms with Gasteiger partial charge in [-0.1, -0.05) is 12.1 Å². The lowest BCUT2D eigenvalue weighted by molar-refractivity contribution is -0.384. The van der Waals surface area contributed by atoms with Crippen LogP contribution in [0.4, 0.5) is 5.69 Å². The predicted molar refractivity (Wildman–Crippen MR) is 109 cm³/mol. The number of ether oxygens (including phenoxy) is 3. The Labute approximate surface area is 183 Å². The zero-order valence-electron chi connectivity index (χ0n) is 17.3. The third-order valence-electron chi connectivity index (χ3n) is 4.88. The van der Waals surface area contributed by atoms with Gasteiger partial charge in [0.05, 0.1) is 49.2 Å². The van der Waals surface area contributed by atoms with Crippen molar-refractivity contribution in [1.82, 2.24) is 4.90 Å². The van der Waals surface area contributed by atoms with Gasteiger partial charge in [0.1, 0.15) is 6.54 Å². The van der Waals surface area contributed by atoms with Crippen molar-refractivity contribution in [1.29, 1.82) is 0 Å². The lowest BCUT2D eigenvalue weighted by Crippen LogP contribution is -2.39. The molecule has 0 saturated carbocycles. The Bertz CT molecular complexity index is 985. The van der Waals surface area contributed by atoms with Crippen molar-refractivity contribution >= 4 is 35.2 Å². The van der Waals surface area contributed by atoms with Crippen LogP contribution in [0.5, 0.6) is 0 Å².